The molecule has 0 aliphatic heterocycles. The second-order valence-corrected chi connectivity index (χ2v) is 3.96. The minimum Gasteiger partial charge on any atom is -0.368 e. The molecule has 0 atom stereocenters. The van der Waals surface area contributed by atoms with Crippen molar-refractivity contribution in [1.82, 2.24) is 9.97 Å². The fourth-order valence-electron chi connectivity index (χ4n) is 0.788. The van der Waals surface area contributed by atoms with Gasteiger partial charge in [0.1, 0.15) is 0 Å². The first-order chi connectivity index (χ1) is 7.11. The van der Waals surface area contributed by atoms with Crippen molar-refractivity contribution in [2.75, 3.05) is 0 Å². The van der Waals surface area contributed by atoms with Gasteiger partial charge in [-0.15, -0.1) is 12.4 Å². The Morgan fingerprint density at radius 3 is 1.88 bits per heavy atom. The Morgan fingerprint density at radius 1 is 1.12 bits per heavy atom. The molecule has 2 heterocycles. The Labute approximate surface area is 99.7 Å². The second-order valence-electron chi connectivity index (χ2n) is 2.54. The third kappa shape index (κ3) is 5.50. The van der Waals surface area contributed by atoms with E-state index in [0.717, 1.165) is 0 Å². The fourth-order valence-corrected chi connectivity index (χ4v) is 1.25. The fraction of sp³-hybridized carbons (Fsp3) is 0. The molecule has 0 aromatic carbocycles. The summed E-state index contributed by atoms with van der Waals surface area (Å²) in [5.74, 6) is 0. The second kappa shape index (κ2) is 7.00. The van der Waals surface area contributed by atoms with Crippen LogP contribution >= 0.6 is 12.4 Å². The van der Waals surface area contributed by atoms with Gasteiger partial charge in [0.25, 0.3) is 10.1 Å². The van der Waals surface area contributed by atoms with Crippen LogP contribution in [0.4, 0.5) is 0 Å². The summed E-state index contributed by atoms with van der Waals surface area (Å²) in [7, 11) is -4.04. The number of aromatic nitrogens is 2. The van der Waals surface area contributed by atoms with E-state index in [-0.39, 0.29) is 17.3 Å². The lowest BCUT2D eigenvalue weighted by Gasteiger charge is -1.91. The van der Waals surface area contributed by atoms with Crippen molar-refractivity contribution in [1.29, 1.82) is 0 Å². The molecule has 88 valence electrons. The van der Waals surface area contributed by atoms with Crippen LogP contribution in [0, 0.1) is 0 Å². The van der Waals surface area contributed by atoms with E-state index in [4.69, 9.17) is 4.55 Å². The zero-order chi connectivity index (χ0) is 11.1. The molecule has 0 radical (unpaired) electrons. The van der Waals surface area contributed by atoms with Crippen LogP contribution in [-0.2, 0) is 10.1 Å². The Morgan fingerprint density at radius 2 is 1.62 bits per heavy atom. The van der Waals surface area contributed by atoms with Gasteiger partial charge in [-0.2, -0.15) is 8.42 Å². The predicted molar refractivity (Wildman–Crippen MR) is 62.1 cm³/mol. The van der Waals surface area contributed by atoms with Crippen LogP contribution in [0.2, 0.25) is 0 Å². The highest BCUT2D eigenvalue weighted by Crippen LogP contribution is 2.03. The van der Waals surface area contributed by atoms with Crippen molar-refractivity contribution < 1.29 is 13.0 Å². The van der Waals surface area contributed by atoms with Gasteiger partial charge in [-0.1, -0.05) is 0 Å². The van der Waals surface area contributed by atoms with Gasteiger partial charge in [-0.3, -0.25) is 9.54 Å². The Kier molecular flexibility index (Phi) is 6.40. The summed E-state index contributed by atoms with van der Waals surface area (Å²) in [6, 6.07) is 6.32. The zero-order valence-corrected chi connectivity index (χ0v) is 9.78. The first-order valence-electron chi connectivity index (χ1n) is 4.06. The minimum absolute atomic E-state index is 0. The number of halogens is 1. The summed E-state index contributed by atoms with van der Waals surface area (Å²) < 4.78 is 29.2. The predicted octanol–water partition coefficient (Wildman–Crippen LogP) is 1.76. The third-order valence-electron chi connectivity index (χ3n) is 1.44. The summed E-state index contributed by atoms with van der Waals surface area (Å²) in [6.07, 6.45) is 6.34. The van der Waals surface area contributed by atoms with Crippen molar-refractivity contribution in [2.24, 2.45) is 0 Å². The van der Waals surface area contributed by atoms with E-state index < -0.39 is 10.1 Å². The molecule has 7 heteroatoms. The Bertz CT molecular complexity index is 453. The number of aromatic amines is 1. The van der Waals surface area contributed by atoms with E-state index in [9.17, 15) is 8.42 Å². The summed E-state index contributed by atoms with van der Waals surface area (Å²) in [6.45, 7) is 0. The van der Waals surface area contributed by atoms with E-state index in [2.05, 4.69) is 9.97 Å². The van der Waals surface area contributed by atoms with Crippen molar-refractivity contribution >= 4 is 22.5 Å². The van der Waals surface area contributed by atoms with Gasteiger partial charge in [-0.25, -0.2) is 0 Å². The zero-order valence-electron chi connectivity index (χ0n) is 8.15. The number of nitrogens with one attached hydrogen (secondary N) is 1. The van der Waals surface area contributed by atoms with Gasteiger partial charge in [0.2, 0.25) is 0 Å². The highest BCUT2D eigenvalue weighted by Gasteiger charge is 2.06. The molecule has 0 aliphatic rings. The number of H-pyrrole nitrogens is 1. The molecular weight excluding hydrogens is 252 g/mol. The molecule has 5 nitrogen and oxygen atoms in total. The summed E-state index contributed by atoms with van der Waals surface area (Å²) in [5.41, 5.74) is 0. The van der Waals surface area contributed by atoms with E-state index in [0.29, 0.717) is 0 Å². The van der Waals surface area contributed by atoms with E-state index in [1.165, 1.54) is 24.5 Å². The maximum absolute atomic E-state index is 10.4. The number of hydrogen-bond acceptors (Lipinski definition) is 3. The van der Waals surface area contributed by atoms with E-state index in [1.54, 1.807) is 0 Å². The first kappa shape index (κ1) is 14.6. The maximum Gasteiger partial charge on any atom is 0.294 e. The standard InChI is InChI=1S/C5H5NO3S.C4H5N.ClH/c7-10(8,9)5-1-3-6-4-2-5;1-2-4-5-3-1;/h1-4H,(H,7,8,9);1-5H;1H. The average Bonchev–Trinajstić information content (AvgIpc) is 2.76. The molecule has 0 unspecified atom stereocenters. The monoisotopic (exact) mass is 262 g/mol. The van der Waals surface area contributed by atoms with Gasteiger partial charge in [0.05, 0.1) is 4.90 Å². The van der Waals surface area contributed by atoms with Crippen LogP contribution < -0.4 is 0 Å². The van der Waals surface area contributed by atoms with Gasteiger partial charge >= 0.3 is 0 Å². The molecule has 0 bridgehead atoms. The van der Waals surface area contributed by atoms with E-state index in [1.807, 2.05) is 24.5 Å². The molecule has 2 N–H and O–H groups in total. The Balaban J connectivity index is 0.000000318. The molecule has 0 saturated carbocycles. The number of rotatable bonds is 1. The normalized spacial score (nSPS) is 9.56. The highest BCUT2D eigenvalue weighted by molar-refractivity contribution is 7.85. The summed E-state index contributed by atoms with van der Waals surface area (Å²) in [5, 5.41) is 0. The van der Waals surface area contributed by atoms with Gasteiger partial charge < -0.3 is 4.98 Å². The number of hydrogen-bond donors (Lipinski definition) is 2. The van der Waals surface area contributed by atoms with Crippen LogP contribution in [0.5, 0.6) is 0 Å². The van der Waals surface area contributed by atoms with Crippen molar-refractivity contribution in [3.63, 3.8) is 0 Å². The van der Waals surface area contributed by atoms with Crippen LogP contribution in [0.1, 0.15) is 0 Å². The van der Waals surface area contributed by atoms with Crippen LogP contribution in [-0.4, -0.2) is 22.9 Å². The molecule has 2 aromatic rings. The Hall–Kier alpha value is -1.37. The number of nitrogens with zero attached hydrogens (tertiary/aromatic N) is 1. The molecule has 0 aliphatic carbocycles. The van der Waals surface area contributed by atoms with Crippen molar-refractivity contribution in [3.8, 4) is 0 Å². The van der Waals surface area contributed by atoms with Gasteiger partial charge in [0.15, 0.2) is 0 Å². The molecule has 16 heavy (non-hydrogen) atoms. The lowest BCUT2D eigenvalue weighted by atomic mass is 10.5. The number of pyridine rings is 1. The van der Waals surface area contributed by atoms with Crippen molar-refractivity contribution in [3.05, 3.63) is 49.1 Å². The molecule has 0 spiro atoms. The molecule has 2 rings (SSSR count). The first-order valence-corrected chi connectivity index (χ1v) is 5.50. The van der Waals surface area contributed by atoms with Gasteiger partial charge in [-0.05, 0) is 24.3 Å². The molecule has 0 saturated heterocycles. The van der Waals surface area contributed by atoms with Gasteiger partial charge in [0, 0.05) is 24.8 Å². The highest BCUT2D eigenvalue weighted by atomic mass is 35.5. The van der Waals surface area contributed by atoms with Crippen LogP contribution in [0.25, 0.3) is 0 Å². The topological polar surface area (TPSA) is 83.1 Å². The SMILES string of the molecule is Cl.O=S(=O)(O)c1ccncc1.c1cc[nH]c1. The van der Waals surface area contributed by atoms with Crippen LogP contribution in [0.15, 0.2) is 53.9 Å². The molecular formula is C9H11ClN2O3S. The maximum atomic E-state index is 10.4. The largest absolute Gasteiger partial charge is 0.368 e. The lowest BCUT2D eigenvalue weighted by Crippen LogP contribution is -1.96. The summed E-state index contributed by atoms with van der Waals surface area (Å²) >= 11 is 0. The molecule has 0 fully saturated rings. The van der Waals surface area contributed by atoms with E-state index >= 15 is 0 Å². The van der Waals surface area contributed by atoms with Crippen LogP contribution in [0.3, 0.4) is 0 Å². The molecule has 2 aromatic heterocycles. The smallest absolute Gasteiger partial charge is 0.294 e. The third-order valence-corrected chi connectivity index (χ3v) is 2.31. The lowest BCUT2D eigenvalue weighted by molar-refractivity contribution is 0.483. The molecule has 0 amide bonds. The quantitative estimate of drug-likeness (QED) is 0.767. The summed E-state index contributed by atoms with van der Waals surface area (Å²) in [4.78, 5) is 6.31. The minimum atomic E-state index is -4.04. The van der Waals surface area contributed by atoms with Crippen molar-refractivity contribution in [2.45, 2.75) is 4.90 Å². The average molecular weight is 263 g/mol.